The third kappa shape index (κ3) is 3.86. The van der Waals surface area contributed by atoms with Crippen LogP contribution in [0.5, 0.6) is 0 Å². The highest BCUT2D eigenvalue weighted by Gasteiger charge is 1.86. The Morgan fingerprint density at radius 1 is 1.70 bits per heavy atom. The molecule has 0 saturated carbocycles. The number of nitrogens with zero attached hydrogens (tertiary/aromatic N) is 2. The van der Waals surface area contributed by atoms with Crippen molar-refractivity contribution >= 4 is 6.21 Å². The van der Waals surface area contributed by atoms with Gasteiger partial charge in [-0.15, -0.1) is 0 Å². The monoisotopic (exact) mass is 139 g/mol. The molecule has 0 radical (unpaired) electrons. The average Bonchev–Trinajstić information content (AvgIpc) is 1.88. The van der Waals surface area contributed by atoms with Crippen molar-refractivity contribution in [2.45, 2.75) is 6.92 Å². The Balaban J connectivity index is 3.78. The van der Waals surface area contributed by atoms with Gasteiger partial charge in [-0.25, -0.2) is 5.84 Å². The molecule has 0 aliphatic heterocycles. The third-order valence-electron chi connectivity index (χ3n) is 0.955. The van der Waals surface area contributed by atoms with E-state index < -0.39 is 0 Å². The second-order valence-electron chi connectivity index (χ2n) is 1.83. The lowest BCUT2D eigenvalue weighted by Crippen LogP contribution is -2.23. The topological polar surface area (TPSA) is 41.6 Å². The first kappa shape index (κ1) is 8.91. The van der Waals surface area contributed by atoms with Gasteiger partial charge in [0.2, 0.25) is 0 Å². The van der Waals surface area contributed by atoms with E-state index in [-0.39, 0.29) is 0 Å². The van der Waals surface area contributed by atoms with Crippen molar-refractivity contribution in [2.24, 2.45) is 10.8 Å². The minimum Gasteiger partial charge on any atom is -0.315 e. The first-order valence-corrected chi connectivity index (χ1v) is 3.00. The molecule has 0 fully saturated rings. The predicted octanol–water partition coefficient (Wildman–Crippen LogP) is 0.910. The number of allylic oxidation sites excluding steroid dienone is 1. The van der Waals surface area contributed by atoms with Crippen LogP contribution in [0.15, 0.2) is 29.5 Å². The molecule has 0 saturated heterocycles. The van der Waals surface area contributed by atoms with Crippen LogP contribution in [0.25, 0.3) is 0 Å². The van der Waals surface area contributed by atoms with Crippen LogP contribution in [-0.4, -0.2) is 18.3 Å². The molecule has 10 heavy (non-hydrogen) atoms. The van der Waals surface area contributed by atoms with E-state index in [0.717, 1.165) is 5.70 Å². The van der Waals surface area contributed by atoms with Gasteiger partial charge in [-0.1, -0.05) is 6.58 Å². The van der Waals surface area contributed by atoms with E-state index in [0.29, 0.717) is 0 Å². The van der Waals surface area contributed by atoms with Gasteiger partial charge in [0.15, 0.2) is 0 Å². The minimum absolute atomic E-state index is 0.727. The molecule has 0 unspecified atom stereocenters. The van der Waals surface area contributed by atoms with Crippen LogP contribution in [0.3, 0.4) is 0 Å². The fourth-order valence-electron chi connectivity index (χ4n) is 0.333. The predicted molar refractivity (Wildman–Crippen MR) is 44.4 cm³/mol. The molecule has 0 aromatic rings. The molecule has 0 atom stereocenters. The van der Waals surface area contributed by atoms with Crippen molar-refractivity contribution in [3.05, 3.63) is 24.6 Å². The standard InChI is InChI=1S/C7H13N3/c1-4-9-6-5-7(2)10(3)8/h4-6H,2,8H2,1,3H3/b6-5-,9-4?. The van der Waals surface area contributed by atoms with Gasteiger partial charge in [0.05, 0.1) is 0 Å². The van der Waals surface area contributed by atoms with E-state index in [1.54, 1.807) is 25.5 Å². The van der Waals surface area contributed by atoms with Gasteiger partial charge in [0.25, 0.3) is 0 Å². The van der Waals surface area contributed by atoms with Crippen molar-refractivity contribution in [3.8, 4) is 0 Å². The van der Waals surface area contributed by atoms with E-state index in [2.05, 4.69) is 11.6 Å². The first-order valence-electron chi connectivity index (χ1n) is 3.00. The Kier molecular flexibility index (Phi) is 4.24. The zero-order chi connectivity index (χ0) is 7.98. The second kappa shape index (κ2) is 4.76. The minimum atomic E-state index is 0.727. The van der Waals surface area contributed by atoms with Crippen LogP contribution >= 0.6 is 0 Å². The van der Waals surface area contributed by atoms with Gasteiger partial charge in [0.1, 0.15) is 0 Å². The number of likely N-dealkylation sites (N-methyl/N-ethyl adjacent to an activating group) is 1. The molecule has 0 aliphatic rings. The van der Waals surface area contributed by atoms with E-state index >= 15 is 0 Å². The number of nitrogens with two attached hydrogens (primary N) is 1. The number of hydrogen-bond donors (Lipinski definition) is 1. The summed E-state index contributed by atoms with van der Waals surface area (Å²) < 4.78 is 0. The van der Waals surface area contributed by atoms with Crippen LogP contribution < -0.4 is 5.84 Å². The smallest absolute Gasteiger partial charge is 0.0457 e. The molecule has 0 rings (SSSR count). The average molecular weight is 139 g/mol. The zero-order valence-corrected chi connectivity index (χ0v) is 6.41. The van der Waals surface area contributed by atoms with Gasteiger partial charge in [-0.2, -0.15) is 0 Å². The number of hydrogen-bond acceptors (Lipinski definition) is 3. The van der Waals surface area contributed by atoms with Gasteiger partial charge < -0.3 is 5.01 Å². The van der Waals surface area contributed by atoms with Crippen LogP contribution in [0.4, 0.5) is 0 Å². The lowest BCUT2D eigenvalue weighted by Gasteiger charge is -2.09. The SMILES string of the molecule is C=C(/C=C\N=CC)N(C)N. The summed E-state index contributed by atoms with van der Waals surface area (Å²) in [4.78, 5) is 3.85. The Hall–Kier alpha value is -1.09. The maximum Gasteiger partial charge on any atom is 0.0457 e. The van der Waals surface area contributed by atoms with Crippen LogP contribution in [0, 0.1) is 0 Å². The van der Waals surface area contributed by atoms with Crippen LogP contribution in [-0.2, 0) is 0 Å². The fourth-order valence-corrected chi connectivity index (χ4v) is 0.333. The zero-order valence-electron chi connectivity index (χ0n) is 6.41. The van der Waals surface area contributed by atoms with Gasteiger partial charge in [0, 0.05) is 25.2 Å². The molecular formula is C7H13N3. The number of rotatable bonds is 3. The normalized spacial score (nSPS) is 11.1. The molecule has 0 heterocycles. The summed E-state index contributed by atoms with van der Waals surface area (Å²) >= 11 is 0. The summed E-state index contributed by atoms with van der Waals surface area (Å²) in [5, 5.41) is 1.43. The lowest BCUT2D eigenvalue weighted by atomic mass is 10.4. The highest BCUT2D eigenvalue weighted by Crippen LogP contribution is 1.92. The highest BCUT2D eigenvalue weighted by atomic mass is 15.4. The van der Waals surface area contributed by atoms with E-state index in [1.807, 2.05) is 6.92 Å². The molecule has 0 aromatic heterocycles. The molecular weight excluding hydrogens is 126 g/mol. The summed E-state index contributed by atoms with van der Waals surface area (Å²) in [6.45, 7) is 5.51. The maximum atomic E-state index is 5.35. The largest absolute Gasteiger partial charge is 0.315 e. The summed E-state index contributed by atoms with van der Waals surface area (Å²) in [5.74, 6) is 5.35. The maximum absolute atomic E-state index is 5.35. The van der Waals surface area contributed by atoms with Crippen molar-refractivity contribution in [2.75, 3.05) is 7.05 Å². The van der Waals surface area contributed by atoms with Crippen molar-refractivity contribution in [1.82, 2.24) is 5.01 Å². The Morgan fingerprint density at radius 2 is 2.30 bits per heavy atom. The summed E-state index contributed by atoms with van der Waals surface area (Å²) in [7, 11) is 1.72. The Bertz CT molecular complexity index is 156. The van der Waals surface area contributed by atoms with Crippen molar-refractivity contribution in [3.63, 3.8) is 0 Å². The summed E-state index contributed by atoms with van der Waals surface area (Å²) in [5.41, 5.74) is 0.727. The number of hydrazine groups is 1. The lowest BCUT2D eigenvalue weighted by molar-refractivity contribution is 0.457. The third-order valence-corrected chi connectivity index (χ3v) is 0.955. The molecule has 3 nitrogen and oxygen atoms in total. The fraction of sp³-hybridized carbons (Fsp3) is 0.286. The van der Waals surface area contributed by atoms with Crippen LogP contribution in [0.1, 0.15) is 6.92 Å². The molecule has 0 spiro atoms. The molecule has 0 aromatic carbocycles. The highest BCUT2D eigenvalue weighted by molar-refractivity contribution is 5.54. The van der Waals surface area contributed by atoms with E-state index in [1.165, 1.54) is 5.01 Å². The Morgan fingerprint density at radius 3 is 2.70 bits per heavy atom. The molecule has 3 heteroatoms. The van der Waals surface area contributed by atoms with E-state index in [4.69, 9.17) is 5.84 Å². The second-order valence-corrected chi connectivity index (χ2v) is 1.83. The molecule has 0 aliphatic carbocycles. The molecule has 0 bridgehead atoms. The van der Waals surface area contributed by atoms with E-state index in [9.17, 15) is 0 Å². The number of aliphatic imine (C=N–C) groups is 1. The molecule has 0 amide bonds. The summed E-state index contributed by atoms with van der Waals surface area (Å²) in [6.07, 6.45) is 5.08. The van der Waals surface area contributed by atoms with Gasteiger partial charge >= 0.3 is 0 Å². The van der Waals surface area contributed by atoms with Gasteiger partial charge in [-0.3, -0.25) is 4.99 Å². The first-order chi connectivity index (χ1) is 4.68. The molecule has 2 N–H and O–H groups in total. The molecule has 56 valence electrons. The van der Waals surface area contributed by atoms with Crippen molar-refractivity contribution < 1.29 is 0 Å². The van der Waals surface area contributed by atoms with Crippen molar-refractivity contribution in [1.29, 1.82) is 0 Å². The Labute approximate surface area is 61.5 Å². The quantitative estimate of drug-likeness (QED) is 0.273. The van der Waals surface area contributed by atoms with Crippen LogP contribution in [0.2, 0.25) is 0 Å². The van der Waals surface area contributed by atoms with Gasteiger partial charge in [-0.05, 0) is 13.0 Å². The summed E-state index contributed by atoms with van der Waals surface area (Å²) in [6, 6.07) is 0.